The summed E-state index contributed by atoms with van der Waals surface area (Å²) in [5.41, 5.74) is -0.678. The highest BCUT2D eigenvalue weighted by Crippen LogP contribution is 2.29. The molecule has 0 bridgehead atoms. The molecule has 0 fully saturated rings. The van der Waals surface area contributed by atoms with Gasteiger partial charge in [-0.2, -0.15) is 0 Å². The van der Waals surface area contributed by atoms with Gasteiger partial charge in [-0.1, -0.05) is 25.2 Å². The number of hydrogen-bond donors (Lipinski definition) is 1. The van der Waals surface area contributed by atoms with Crippen LogP contribution in [0.2, 0.25) is 0 Å². The van der Waals surface area contributed by atoms with E-state index >= 15 is 0 Å². The average molecular weight is 352 g/mol. The van der Waals surface area contributed by atoms with Crippen molar-refractivity contribution in [2.24, 2.45) is 0 Å². The van der Waals surface area contributed by atoms with E-state index < -0.39 is 22.3 Å². The number of nitrogens with one attached hydrogen (secondary N) is 1. The summed E-state index contributed by atoms with van der Waals surface area (Å²) < 4.78 is 13.8. The Kier molecular flexibility index (Phi) is 5.55. The largest absolute Gasteiger partial charge is 0.296 e. The molecule has 128 valence electrons. The number of halogens is 1. The Morgan fingerprint density at radius 1 is 1.38 bits per heavy atom. The second-order valence-corrected chi connectivity index (χ2v) is 6.28. The van der Waals surface area contributed by atoms with Crippen LogP contribution in [-0.4, -0.2) is 21.0 Å². The van der Waals surface area contributed by atoms with E-state index in [0.29, 0.717) is 0 Å². The minimum absolute atomic E-state index is 0.108. The first-order valence-corrected chi connectivity index (χ1v) is 8.28. The van der Waals surface area contributed by atoms with Crippen LogP contribution in [0, 0.1) is 22.9 Å². The number of nitro benzene ring substituents is 1. The van der Waals surface area contributed by atoms with Gasteiger partial charge >= 0.3 is 0 Å². The number of aromatic nitrogens is 2. The highest BCUT2D eigenvalue weighted by atomic mass is 32.1. The number of anilines is 1. The van der Waals surface area contributed by atoms with Gasteiger partial charge < -0.3 is 0 Å². The third-order valence-corrected chi connectivity index (χ3v) is 4.77. The fourth-order valence-electron chi connectivity index (χ4n) is 2.24. The van der Waals surface area contributed by atoms with Crippen LogP contribution < -0.4 is 5.32 Å². The first kappa shape index (κ1) is 17.9. The first-order chi connectivity index (χ1) is 11.4. The summed E-state index contributed by atoms with van der Waals surface area (Å²) >= 11 is 1.25. The Labute approximate surface area is 142 Å². The molecule has 0 spiro atoms. The Balaban J connectivity index is 2.23. The Morgan fingerprint density at radius 2 is 2.04 bits per heavy atom. The molecule has 0 saturated carbocycles. The van der Waals surface area contributed by atoms with Gasteiger partial charge in [0.05, 0.1) is 10.5 Å². The molecule has 1 heterocycles. The summed E-state index contributed by atoms with van der Waals surface area (Å²) in [6.07, 6.45) is 1.82. The van der Waals surface area contributed by atoms with Gasteiger partial charge in [0.1, 0.15) is 10.8 Å². The summed E-state index contributed by atoms with van der Waals surface area (Å²) in [6.45, 7) is 5.38. The number of rotatable bonds is 6. The van der Waals surface area contributed by atoms with Crippen LogP contribution in [0.15, 0.2) is 12.1 Å². The van der Waals surface area contributed by atoms with Crippen molar-refractivity contribution in [3.05, 3.63) is 44.2 Å². The number of hydrogen-bond acceptors (Lipinski definition) is 6. The molecule has 0 aliphatic carbocycles. The van der Waals surface area contributed by atoms with Crippen LogP contribution in [0.3, 0.4) is 0 Å². The molecule has 0 radical (unpaired) electrons. The van der Waals surface area contributed by atoms with Gasteiger partial charge in [0.15, 0.2) is 0 Å². The van der Waals surface area contributed by atoms with E-state index in [0.717, 1.165) is 30.0 Å². The lowest BCUT2D eigenvalue weighted by atomic mass is 10.1. The van der Waals surface area contributed by atoms with E-state index in [1.54, 1.807) is 0 Å². The number of nitrogens with zero attached hydrogens (tertiary/aromatic N) is 3. The maximum atomic E-state index is 13.8. The number of carbonyl (C=O) groups excluding carboxylic acids is 1. The van der Waals surface area contributed by atoms with Crippen molar-refractivity contribution < 1.29 is 14.1 Å². The van der Waals surface area contributed by atoms with E-state index in [9.17, 15) is 19.3 Å². The van der Waals surface area contributed by atoms with Gasteiger partial charge in [-0.25, -0.2) is 4.39 Å². The molecule has 1 amide bonds. The summed E-state index contributed by atoms with van der Waals surface area (Å²) in [7, 11) is 0. The summed E-state index contributed by atoms with van der Waals surface area (Å²) in [6, 6.07) is 2.02. The lowest BCUT2D eigenvalue weighted by molar-refractivity contribution is -0.385. The van der Waals surface area contributed by atoms with E-state index in [1.807, 2.05) is 13.8 Å². The van der Waals surface area contributed by atoms with E-state index in [2.05, 4.69) is 15.5 Å². The van der Waals surface area contributed by atoms with Crippen molar-refractivity contribution >= 4 is 28.1 Å². The highest BCUT2D eigenvalue weighted by molar-refractivity contribution is 7.15. The zero-order chi connectivity index (χ0) is 17.9. The number of benzene rings is 1. The average Bonchev–Trinajstić information content (AvgIpc) is 2.99. The van der Waals surface area contributed by atoms with E-state index in [1.165, 1.54) is 18.3 Å². The van der Waals surface area contributed by atoms with Crippen molar-refractivity contribution in [3.8, 4) is 0 Å². The molecule has 0 unspecified atom stereocenters. The molecule has 1 aromatic heterocycles. The van der Waals surface area contributed by atoms with E-state index in [4.69, 9.17) is 0 Å². The predicted molar refractivity (Wildman–Crippen MR) is 89.0 cm³/mol. The van der Waals surface area contributed by atoms with Crippen molar-refractivity contribution in [2.75, 3.05) is 5.32 Å². The van der Waals surface area contributed by atoms with Crippen LogP contribution in [0.1, 0.15) is 53.5 Å². The molecule has 7 nitrogen and oxygen atoms in total. The lowest BCUT2D eigenvalue weighted by Gasteiger charge is -2.06. The van der Waals surface area contributed by atoms with Crippen LogP contribution in [-0.2, 0) is 0 Å². The monoisotopic (exact) mass is 352 g/mol. The molecule has 24 heavy (non-hydrogen) atoms. The summed E-state index contributed by atoms with van der Waals surface area (Å²) in [4.78, 5) is 22.4. The first-order valence-electron chi connectivity index (χ1n) is 7.46. The van der Waals surface area contributed by atoms with Crippen LogP contribution in [0.25, 0.3) is 0 Å². The fourth-order valence-corrected chi connectivity index (χ4v) is 3.25. The van der Waals surface area contributed by atoms with Crippen molar-refractivity contribution in [1.29, 1.82) is 0 Å². The minimum Gasteiger partial charge on any atom is -0.296 e. The molecular formula is C15H17FN4O3S. The molecule has 0 aliphatic rings. The topological polar surface area (TPSA) is 98.0 Å². The molecule has 1 N–H and O–H groups in total. The van der Waals surface area contributed by atoms with Crippen molar-refractivity contribution in [2.45, 2.75) is 39.5 Å². The van der Waals surface area contributed by atoms with Crippen LogP contribution in [0.4, 0.5) is 15.2 Å². The van der Waals surface area contributed by atoms with Gasteiger partial charge in [-0.15, -0.1) is 10.2 Å². The van der Waals surface area contributed by atoms with Crippen molar-refractivity contribution in [3.63, 3.8) is 0 Å². The maximum Gasteiger partial charge on any atom is 0.276 e. The molecule has 9 heteroatoms. The quantitative estimate of drug-likeness (QED) is 0.625. The molecule has 1 aromatic carbocycles. The second-order valence-electron chi connectivity index (χ2n) is 5.27. The smallest absolute Gasteiger partial charge is 0.276 e. The van der Waals surface area contributed by atoms with Gasteiger partial charge in [0, 0.05) is 17.5 Å². The molecule has 0 saturated heterocycles. The minimum atomic E-state index is -0.802. The Hall–Kier alpha value is -2.42. The third-order valence-electron chi connectivity index (χ3n) is 3.77. The predicted octanol–water partition coefficient (Wildman–Crippen LogP) is 4.05. The van der Waals surface area contributed by atoms with Crippen LogP contribution >= 0.6 is 11.3 Å². The molecule has 2 aromatic rings. The summed E-state index contributed by atoms with van der Waals surface area (Å²) in [5.74, 6) is -1.19. The van der Waals surface area contributed by atoms with Crippen molar-refractivity contribution in [1.82, 2.24) is 10.2 Å². The third kappa shape index (κ3) is 3.73. The Morgan fingerprint density at radius 3 is 2.62 bits per heavy atom. The van der Waals surface area contributed by atoms with E-state index in [-0.39, 0.29) is 22.2 Å². The summed E-state index contributed by atoms with van der Waals surface area (Å²) in [5, 5.41) is 22.5. The zero-order valence-corrected chi connectivity index (χ0v) is 14.3. The Bertz CT molecular complexity index is 774. The van der Waals surface area contributed by atoms with Gasteiger partial charge in [0.25, 0.3) is 11.6 Å². The molecule has 2 rings (SSSR count). The van der Waals surface area contributed by atoms with Crippen LogP contribution in [0.5, 0.6) is 0 Å². The standard InChI is InChI=1S/C15H17FN4O3S/c1-4-9(5-2)14-18-19-15(24-14)17-13(21)10-6-11(16)8(3)12(7-10)20(22)23/h6-7,9H,4-5H2,1-3H3,(H,17,19,21). The van der Waals surface area contributed by atoms with Gasteiger partial charge in [0.2, 0.25) is 5.13 Å². The fraction of sp³-hybridized carbons (Fsp3) is 0.400. The molecule has 0 atom stereocenters. The number of amides is 1. The number of carbonyl (C=O) groups is 1. The zero-order valence-electron chi connectivity index (χ0n) is 13.5. The number of nitro groups is 1. The van der Waals surface area contributed by atoms with Gasteiger partial charge in [-0.05, 0) is 25.8 Å². The highest BCUT2D eigenvalue weighted by Gasteiger charge is 2.21. The SMILES string of the molecule is CCC(CC)c1nnc(NC(=O)c2cc(F)c(C)c([N+](=O)[O-])c2)s1. The second kappa shape index (κ2) is 7.43. The normalized spacial score (nSPS) is 10.9. The molecule has 0 aliphatic heterocycles. The lowest BCUT2D eigenvalue weighted by Crippen LogP contribution is -2.13. The van der Waals surface area contributed by atoms with Gasteiger partial charge in [-0.3, -0.25) is 20.2 Å². The maximum absolute atomic E-state index is 13.8. The molecular weight excluding hydrogens is 335 g/mol.